The van der Waals surface area contributed by atoms with Crippen molar-refractivity contribution >= 4 is 23.0 Å². The molecule has 0 saturated carbocycles. The number of benzene rings is 2. The number of nitrogens with zero attached hydrogens (tertiary/aromatic N) is 2. The second-order valence-electron chi connectivity index (χ2n) is 11.7. The van der Waals surface area contributed by atoms with Crippen molar-refractivity contribution in [2.45, 2.75) is 65.2 Å². The number of hydrogen-bond donors (Lipinski definition) is 0. The van der Waals surface area contributed by atoms with E-state index in [1.165, 1.54) is 16.6 Å². The maximum absolute atomic E-state index is 13.3. The maximum atomic E-state index is 13.3. The third-order valence-electron chi connectivity index (χ3n) is 7.55. The smallest absolute Gasteiger partial charge is 0.418 e. The highest BCUT2D eigenvalue weighted by molar-refractivity contribution is 5.94. The van der Waals surface area contributed by atoms with Gasteiger partial charge in [-0.05, 0) is 106 Å². The topological polar surface area (TPSA) is 60.8 Å². The molecule has 0 bridgehead atoms. The highest BCUT2D eigenvalue weighted by Gasteiger charge is 2.37. The molecule has 4 rings (SSSR count). The Morgan fingerprint density at radius 3 is 2.30 bits per heavy atom. The maximum Gasteiger partial charge on any atom is 0.418 e. The molecular weight excluding hydrogens is 521 g/mol. The molecule has 40 heavy (non-hydrogen) atoms. The number of esters is 1. The van der Waals surface area contributed by atoms with Gasteiger partial charge in [0.2, 0.25) is 0 Å². The van der Waals surface area contributed by atoms with E-state index in [1.54, 1.807) is 18.3 Å². The van der Waals surface area contributed by atoms with Crippen LogP contribution >= 0.6 is 0 Å². The van der Waals surface area contributed by atoms with Crippen LogP contribution in [0.25, 0.3) is 10.9 Å². The van der Waals surface area contributed by atoms with E-state index in [-0.39, 0.29) is 18.4 Å². The first-order chi connectivity index (χ1) is 18.7. The van der Waals surface area contributed by atoms with Gasteiger partial charge in [0.05, 0.1) is 24.7 Å². The van der Waals surface area contributed by atoms with Gasteiger partial charge in [0.1, 0.15) is 5.60 Å². The molecule has 1 saturated heterocycles. The van der Waals surface area contributed by atoms with Crippen LogP contribution in [-0.4, -0.2) is 60.1 Å². The number of ether oxygens (including phenoxy) is 2. The average Bonchev–Trinajstić information content (AvgIpc) is 3.31. The van der Waals surface area contributed by atoms with Gasteiger partial charge >= 0.3 is 18.2 Å². The largest absolute Gasteiger partial charge is 0.465 e. The molecule has 6 nitrogen and oxygen atoms in total. The third kappa shape index (κ3) is 6.69. The van der Waals surface area contributed by atoms with Gasteiger partial charge in [-0.1, -0.05) is 18.2 Å². The lowest BCUT2D eigenvalue weighted by atomic mass is 9.76. The van der Waals surface area contributed by atoms with Gasteiger partial charge in [-0.15, -0.1) is 0 Å². The van der Waals surface area contributed by atoms with Crippen molar-refractivity contribution in [1.29, 1.82) is 0 Å². The summed E-state index contributed by atoms with van der Waals surface area (Å²) >= 11 is 0. The van der Waals surface area contributed by atoms with E-state index in [4.69, 9.17) is 9.47 Å². The number of methoxy groups -OCH3 is 1. The molecule has 216 valence electrons. The van der Waals surface area contributed by atoms with E-state index in [2.05, 4.69) is 6.07 Å². The molecule has 0 unspecified atom stereocenters. The minimum absolute atomic E-state index is 0.0583. The molecule has 1 fully saturated rings. The molecule has 0 radical (unpaired) electrons. The predicted molar refractivity (Wildman–Crippen MR) is 148 cm³/mol. The van der Waals surface area contributed by atoms with Crippen LogP contribution in [0.5, 0.6) is 0 Å². The molecule has 1 aromatic heterocycles. The highest BCUT2D eigenvalue weighted by Crippen LogP contribution is 2.39. The Morgan fingerprint density at radius 1 is 1.02 bits per heavy atom. The molecule has 1 aliphatic heterocycles. The Balaban J connectivity index is 1.70. The van der Waals surface area contributed by atoms with Crippen LogP contribution in [0.1, 0.15) is 65.7 Å². The molecule has 1 aliphatic rings. The summed E-state index contributed by atoms with van der Waals surface area (Å²) < 4.78 is 51.8. The normalized spacial score (nSPS) is 18.6. The van der Waals surface area contributed by atoms with Crippen LogP contribution in [0, 0.1) is 19.8 Å². The number of carbonyl (C=O) groups excluding carboxylic acids is 2. The zero-order valence-electron chi connectivity index (χ0n) is 23.9. The van der Waals surface area contributed by atoms with Crippen molar-refractivity contribution in [3.05, 3.63) is 70.4 Å². The van der Waals surface area contributed by atoms with E-state index in [0.717, 1.165) is 33.2 Å². The quantitative estimate of drug-likeness (QED) is 0.315. The molecule has 3 aromatic rings. The molecule has 0 aliphatic carbocycles. The second-order valence-corrected chi connectivity index (χ2v) is 11.7. The Labute approximate surface area is 233 Å². The summed E-state index contributed by atoms with van der Waals surface area (Å²) in [5, 5.41) is 0.945. The molecule has 0 spiro atoms. The fourth-order valence-corrected chi connectivity index (χ4v) is 5.84. The fourth-order valence-electron chi connectivity index (χ4n) is 5.84. The lowest BCUT2D eigenvalue weighted by molar-refractivity contribution is -0.149. The molecule has 2 aromatic carbocycles. The monoisotopic (exact) mass is 558 g/mol. The van der Waals surface area contributed by atoms with Crippen LogP contribution in [0.15, 0.2) is 42.6 Å². The van der Waals surface area contributed by atoms with Crippen molar-refractivity contribution in [2.75, 3.05) is 26.7 Å². The lowest BCUT2D eigenvalue weighted by Gasteiger charge is -2.39. The molecule has 9 heteroatoms. The molecule has 2 atom stereocenters. The number of alkyl halides is 3. The summed E-state index contributed by atoms with van der Waals surface area (Å²) in [5.41, 5.74) is 4.52. The number of likely N-dealkylation sites (tertiary alicyclic amines) is 1. The number of aryl methyl sites for hydroxylation is 2. The lowest BCUT2D eigenvalue weighted by Crippen LogP contribution is -2.44. The van der Waals surface area contributed by atoms with Gasteiger partial charge in [-0.2, -0.15) is 13.2 Å². The average molecular weight is 559 g/mol. The van der Waals surface area contributed by atoms with Gasteiger partial charge in [-0.25, -0.2) is 9.59 Å². The molecule has 0 amide bonds. The van der Waals surface area contributed by atoms with Crippen LogP contribution in [-0.2, 0) is 15.9 Å². The Morgan fingerprint density at radius 2 is 1.70 bits per heavy atom. The van der Waals surface area contributed by atoms with Gasteiger partial charge in [-0.3, -0.25) is 9.47 Å². The SMILES string of the molecule is COC(=O)c1ccc([C@H]2CN(CC(F)(F)F)CC[C@@H]2Cc2c(C)cc(C)c3c2ccn3C(=O)OC(C)(C)C)cc1. The molecule has 0 N–H and O–H groups in total. The molecule has 2 heterocycles. The third-order valence-corrected chi connectivity index (χ3v) is 7.55. The molecular formula is C31H37F3N2O4. The number of fused-ring (bicyclic) bond motifs is 1. The van der Waals surface area contributed by atoms with Crippen LogP contribution in [0.4, 0.5) is 18.0 Å². The van der Waals surface area contributed by atoms with Crippen molar-refractivity contribution in [3.8, 4) is 0 Å². The van der Waals surface area contributed by atoms with Crippen molar-refractivity contribution in [2.24, 2.45) is 5.92 Å². The minimum Gasteiger partial charge on any atom is -0.465 e. The predicted octanol–water partition coefficient (Wildman–Crippen LogP) is 7.04. The van der Waals surface area contributed by atoms with E-state index in [0.29, 0.717) is 24.9 Å². The van der Waals surface area contributed by atoms with E-state index >= 15 is 0 Å². The van der Waals surface area contributed by atoms with Crippen LogP contribution in [0.2, 0.25) is 0 Å². The number of hydrogen-bond acceptors (Lipinski definition) is 5. The first kappa shape index (κ1) is 29.6. The van der Waals surface area contributed by atoms with Crippen molar-refractivity contribution in [1.82, 2.24) is 9.47 Å². The number of rotatable bonds is 5. The Bertz CT molecular complexity index is 1390. The van der Waals surface area contributed by atoms with Crippen LogP contribution in [0.3, 0.4) is 0 Å². The summed E-state index contributed by atoms with van der Waals surface area (Å²) in [6.07, 6.45) is -1.78. The summed E-state index contributed by atoms with van der Waals surface area (Å²) in [6.45, 7) is 9.10. The zero-order chi connectivity index (χ0) is 29.4. The van der Waals surface area contributed by atoms with E-state index < -0.39 is 30.4 Å². The number of halogens is 3. The number of piperidine rings is 1. The first-order valence-corrected chi connectivity index (χ1v) is 13.5. The van der Waals surface area contributed by atoms with Gasteiger partial charge in [0, 0.05) is 18.1 Å². The van der Waals surface area contributed by atoms with Gasteiger partial charge < -0.3 is 9.47 Å². The van der Waals surface area contributed by atoms with Crippen molar-refractivity contribution in [3.63, 3.8) is 0 Å². The standard InChI is InChI=1S/C31H37F3N2O4/c1-19-15-20(2)27-24(12-14-36(27)29(38)40-30(3,4)5)25(19)16-23-11-13-35(18-31(32,33)34)17-26(23)21-7-9-22(10-8-21)28(37)39-6/h7-10,12,14-15,23,26H,11,13,16-18H2,1-6H3/t23-,26-/m1/s1. The Kier molecular flexibility index (Phi) is 8.36. The Hall–Kier alpha value is -3.33. The van der Waals surface area contributed by atoms with E-state index in [9.17, 15) is 22.8 Å². The summed E-state index contributed by atoms with van der Waals surface area (Å²) in [7, 11) is 1.31. The summed E-state index contributed by atoms with van der Waals surface area (Å²) in [4.78, 5) is 26.4. The summed E-state index contributed by atoms with van der Waals surface area (Å²) in [5.74, 6) is -0.577. The first-order valence-electron chi connectivity index (χ1n) is 13.5. The van der Waals surface area contributed by atoms with Gasteiger partial charge in [0.15, 0.2) is 0 Å². The number of carbonyl (C=O) groups is 2. The minimum atomic E-state index is -4.28. The fraction of sp³-hybridized carbons (Fsp3) is 0.484. The number of aromatic nitrogens is 1. The highest BCUT2D eigenvalue weighted by atomic mass is 19.4. The van der Waals surface area contributed by atoms with E-state index in [1.807, 2.05) is 52.8 Å². The zero-order valence-corrected chi connectivity index (χ0v) is 23.9. The second kappa shape index (κ2) is 11.3. The van der Waals surface area contributed by atoms with Gasteiger partial charge in [0.25, 0.3) is 0 Å². The summed E-state index contributed by atoms with van der Waals surface area (Å²) in [6, 6.07) is 10.9. The van der Waals surface area contributed by atoms with Crippen LogP contribution < -0.4 is 0 Å². The van der Waals surface area contributed by atoms with Crippen molar-refractivity contribution < 1.29 is 32.2 Å².